The van der Waals surface area contributed by atoms with E-state index in [9.17, 15) is 13.2 Å². The predicted molar refractivity (Wildman–Crippen MR) is 71.0 cm³/mol. The monoisotopic (exact) mass is 270 g/mol. The van der Waals surface area contributed by atoms with Crippen LogP contribution in [-0.4, -0.2) is 26.6 Å². The van der Waals surface area contributed by atoms with Gasteiger partial charge in [0.15, 0.2) is 9.84 Å². The topological polar surface area (TPSA) is 89.3 Å². The molecule has 0 fully saturated rings. The van der Waals surface area contributed by atoms with Crippen LogP contribution in [0.5, 0.6) is 0 Å². The lowest BCUT2D eigenvalue weighted by atomic mass is 10.1. The van der Waals surface area contributed by atoms with Crippen molar-refractivity contribution in [1.29, 1.82) is 0 Å². The predicted octanol–water partition coefficient (Wildman–Crippen LogP) is 1.01. The van der Waals surface area contributed by atoms with Crippen molar-refractivity contribution in [2.75, 3.05) is 11.6 Å². The van der Waals surface area contributed by atoms with Gasteiger partial charge in [-0.1, -0.05) is 19.9 Å². The molecule has 0 aliphatic carbocycles. The molecule has 0 heterocycles. The van der Waals surface area contributed by atoms with Crippen molar-refractivity contribution >= 4 is 21.4 Å². The highest BCUT2D eigenvalue weighted by molar-refractivity contribution is 7.90. The van der Waals surface area contributed by atoms with Crippen LogP contribution in [0, 0.1) is 5.92 Å². The van der Waals surface area contributed by atoms with E-state index in [2.05, 4.69) is 5.32 Å². The molecule has 5 nitrogen and oxygen atoms in total. The number of carbonyl (C=O) groups is 1. The number of hydrogen-bond acceptors (Lipinski definition) is 4. The molecule has 0 unspecified atom stereocenters. The number of amides is 1. The number of benzene rings is 1. The summed E-state index contributed by atoms with van der Waals surface area (Å²) in [5.41, 5.74) is 6.13. The zero-order valence-corrected chi connectivity index (χ0v) is 11.5. The van der Waals surface area contributed by atoms with Crippen LogP contribution in [0.4, 0.5) is 5.69 Å². The highest BCUT2D eigenvalue weighted by atomic mass is 32.2. The van der Waals surface area contributed by atoms with Gasteiger partial charge in [-0.3, -0.25) is 4.79 Å². The molecule has 0 radical (unpaired) electrons. The summed E-state index contributed by atoms with van der Waals surface area (Å²) < 4.78 is 22.8. The van der Waals surface area contributed by atoms with Crippen LogP contribution < -0.4 is 11.1 Å². The van der Waals surface area contributed by atoms with Gasteiger partial charge < -0.3 is 11.1 Å². The molecule has 0 aliphatic rings. The van der Waals surface area contributed by atoms with E-state index in [-0.39, 0.29) is 16.7 Å². The van der Waals surface area contributed by atoms with Crippen molar-refractivity contribution in [2.45, 2.75) is 24.8 Å². The Bertz CT molecular complexity index is 538. The van der Waals surface area contributed by atoms with E-state index in [1.165, 1.54) is 12.1 Å². The molecule has 1 amide bonds. The third-order valence-electron chi connectivity index (χ3n) is 2.55. The number of nitrogens with two attached hydrogens (primary N) is 1. The average Bonchev–Trinajstić information content (AvgIpc) is 2.27. The van der Waals surface area contributed by atoms with Crippen LogP contribution in [0.1, 0.15) is 13.8 Å². The molecule has 18 heavy (non-hydrogen) atoms. The molecule has 0 saturated carbocycles. The fraction of sp³-hybridized carbons (Fsp3) is 0.417. The van der Waals surface area contributed by atoms with Crippen LogP contribution in [0.25, 0.3) is 0 Å². The number of sulfone groups is 1. The Hall–Kier alpha value is -1.40. The Labute approximate surface area is 107 Å². The first-order chi connectivity index (χ1) is 8.21. The van der Waals surface area contributed by atoms with E-state index < -0.39 is 15.9 Å². The smallest absolute Gasteiger partial charge is 0.241 e. The molecule has 1 atom stereocenters. The van der Waals surface area contributed by atoms with E-state index in [0.29, 0.717) is 5.69 Å². The molecule has 1 aromatic carbocycles. The molecule has 1 aromatic rings. The molecule has 0 saturated heterocycles. The molecule has 0 aromatic heterocycles. The van der Waals surface area contributed by atoms with Gasteiger partial charge in [0.05, 0.1) is 10.9 Å². The van der Waals surface area contributed by atoms with Crippen LogP contribution in [-0.2, 0) is 14.6 Å². The minimum absolute atomic E-state index is 0.0168. The summed E-state index contributed by atoms with van der Waals surface area (Å²) in [6.07, 6.45) is 1.12. The number of carbonyl (C=O) groups excluding carboxylic acids is 1. The summed E-state index contributed by atoms with van der Waals surface area (Å²) in [6, 6.07) is 5.48. The lowest BCUT2D eigenvalue weighted by Gasteiger charge is -2.15. The average molecular weight is 270 g/mol. The SMILES string of the molecule is CC(C)[C@H](N)C(=O)Nc1cccc(S(C)(=O)=O)c1. The van der Waals surface area contributed by atoms with Crippen molar-refractivity contribution in [2.24, 2.45) is 11.7 Å². The second kappa shape index (κ2) is 5.49. The Morgan fingerprint density at radius 3 is 2.44 bits per heavy atom. The van der Waals surface area contributed by atoms with Gasteiger partial charge in [-0.15, -0.1) is 0 Å². The van der Waals surface area contributed by atoms with Gasteiger partial charge in [0, 0.05) is 11.9 Å². The Morgan fingerprint density at radius 2 is 1.94 bits per heavy atom. The highest BCUT2D eigenvalue weighted by Gasteiger charge is 2.17. The van der Waals surface area contributed by atoms with Crippen LogP contribution in [0.15, 0.2) is 29.2 Å². The van der Waals surface area contributed by atoms with Gasteiger partial charge in [0.1, 0.15) is 0 Å². The number of hydrogen-bond donors (Lipinski definition) is 2. The maximum absolute atomic E-state index is 11.7. The van der Waals surface area contributed by atoms with E-state index in [0.717, 1.165) is 6.26 Å². The molecular weight excluding hydrogens is 252 g/mol. The number of nitrogens with one attached hydrogen (secondary N) is 1. The molecule has 0 spiro atoms. The van der Waals surface area contributed by atoms with Crippen molar-refractivity contribution in [1.82, 2.24) is 0 Å². The lowest BCUT2D eigenvalue weighted by Crippen LogP contribution is -2.39. The number of rotatable bonds is 4. The fourth-order valence-electron chi connectivity index (χ4n) is 1.33. The Kier molecular flexibility index (Phi) is 4.48. The largest absolute Gasteiger partial charge is 0.325 e. The van der Waals surface area contributed by atoms with Gasteiger partial charge in [0.2, 0.25) is 5.91 Å². The van der Waals surface area contributed by atoms with Crippen molar-refractivity contribution in [3.8, 4) is 0 Å². The summed E-state index contributed by atoms with van der Waals surface area (Å²) in [5.74, 6) is -0.307. The lowest BCUT2D eigenvalue weighted by molar-refractivity contribution is -0.118. The molecule has 1 rings (SSSR count). The maximum atomic E-state index is 11.7. The van der Waals surface area contributed by atoms with E-state index in [1.54, 1.807) is 12.1 Å². The van der Waals surface area contributed by atoms with Crippen LogP contribution in [0.3, 0.4) is 0 Å². The molecule has 0 aliphatic heterocycles. The van der Waals surface area contributed by atoms with Gasteiger partial charge >= 0.3 is 0 Å². The third kappa shape index (κ3) is 3.82. The van der Waals surface area contributed by atoms with Crippen LogP contribution >= 0.6 is 0 Å². The normalized spacial score (nSPS) is 13.4. The van der Waals surface area contributed by atoms with Crippen LogP contribution in [0.2, 0.25) is 0 Å². The van der Waals surface area contributed by atoms with Crippen molar-refractivity contribution in [3.05, 3.63) is 24.3 Å². The number of anilines is 1. The first kappa shape index (κ1) is 14.7. The van der Waals surface area contributed by atoms with Gasteiger partial charge in [0.25, 0.3) is 0 Å². The summed E-state index contributed by atoms with van der Waals surface area (Å²) in [7, 11) is -3.28. The maximum Gasteiger partial charge on any atom is 0.241 e. The summed E-state index contributed by atoms with van der Waals surface area (Å²) >= 11 is 0. The standard InChI is InChI=1S/C12H18N2O3S/c1-8(2)11(13)12(15)14-9-5-4-6-10(7-9)18(3,16)17/h4-8,11H,13H2,1-3H3,(H,14,15)/t11-/m0/s1. The third-order valence-corrected chi connectivity index (χ3v) is 3.66. The summed E-state index contributed by atoms with van der Waals surface area (Å²) in [5, 5.41) is 2.61. The Morgan fingerprint density at radius 1 is 1.33 bits per heavy atom. The molecule has 6 heteroatoms. The van der Waals surface area contributed by atoms with Gasteiger partial charge in [-0.2, -0.15) is 0 Å². The first-order valence-corrected chi connectivity index (χ1v) is 7.47. The summed E-state index contributed by atoms with van der Waals surface area (Å²) in [6.45, 7) is 3.69. The minimum Gasteiger partial charge on any atom is -0.325 e. The minimum atomic E-state index is -3.28. The fourth-order valence-corrected chi connectivity index (χ4v) is 2.00. The molecule has 100 valence electrons. The Balaban J connectivity index is 2.90. The van der Waals surface area contributed by atoms with E-state index in [4.69, 9.17) is 5.73 Å². The van der Waals surface area contributed by atoms with E-state index in [1.807, 2.05) is 13.8 Å². The highest BCUT2D eigenvalue weighted by Crippen LogP contribution is 2.15. The second-order valence-electron chi connectivity index (χ2n) is 4.56. The zero-order valence-electron chi connectivity index (χ0n) is 10.7. The quantitative estimate of drug-likeness (QED) is 0.854. The first-order valence-electron chi connectivity index (χ1n) is 5.58. The molecular formula is C12H18N2O3S. The van der Waals surface area contributed by atoms with E-state index >= 15 is 0 Å². The van der Waals surface area contributed by atoms with Crippen molar-refractivity contribution < 1.29 is 13.2 Å². The summed E-state index contributed by atoms with van der Waals surface area (Å²) in [4.78, 5) is 11.9. The van der Waals surface area contributed by atoms with Gasteiger partial charge in [-0.05, 0) is 24.1 Å². The zero-order chi connectivity index (χ0) is 13.9. The van der Waals surface area contributed by atoms with Crippen molar-refractivity contribution in [3.63, 3.8) is 0 Å². The molecule has 0 bridgehead atoms. The molecule has 3 N–H and O–H groups in total. The van der Waals surface area contributed by atoms with Gasteiger partial charge in [-0.25, -0.2) is 8.42 Å². The second-order valence-corrected chi connectivity index (χ2v) is 6.57.